The van der Waals surface area contributed by atoms with E-state index in [0.29, 0.717) is 11.0 Å². The van der Waals surface area contributed by atoms with Crippen LogP contribution in [-0.2, 0) is 0 Å². The fraction of sp³-hybridized carbons (Fsp3) is 1.00. The number of hydrogen-bond acceptors (Lipinski definition) is 2. The SMILES string of the molecule is CCC(C)(C)CN1CC2(CCCC2)NCC1C(C)C. The smallest absolute Gasteiger partial charge is 0.0309 e. The molecule has 1 heterocycles. The van der Waals surface area contributed by atoms with Crippen molar-refractivity contribution >= 4 is 0 Å². The predicted octanol–water partition coefficient (Wildman–Crippen LogP) is 3.67. The molecular formula is C17H34N2. The van der Waals surface area contributed by atoms with Gasteiger partial charge in [-0.1, -0.05) is 47.5 Å². The second-order valence-corrected chi connectivity index (χ2v) is 8.10. The maximum Gasteiger partial charge on any atom is 0.0309 e. The number of nitrogens with zero attached hydrogens (tertiary/aromatic N) is 1. The Labute approximate surface area is 120 Å². The van der Waals surface area contributed by atoms with Crippen LogP contribution in [0.3, 0.4) is 0 Å². The standard InChI is InChI=1S/C17H34N2/c1-6-16(4,5)12-19-13-17(9-7-8-10-17)18-11-15(19)14(2)3/h14-15,18H,6-13H2,1-5H3. The normalized spacial score (nSPS) is 28.4. The van der Waals surface area contributed by atoms with Crippen LogP contribution in [0, 0.1) is 11.3 Å². The van der Waals surface area contributed by atoms with E-state index in [1.165, 1.54) is 51.7 Å². The van der Waals surface area contributed by atoms with Crippen molar-refractivity contribution in [1.82, 2.24) is 10.2 Å². The lowest BCUT2D eigenvalue weighted by Crippen LogP contribution is -2.65. The van der Waals surface area contributed by atoms with Gasteiger partial charge in [-0.3, -0.25) is 4.90 Å². The molecule has 0 bridgehead atoms. The van der Waals surface area contributed by atoms with Crippen molar-refractivity contribution in [2.75, 3.05) is 19.6 Å². The summed E-state index contributed by atoms with van der Waals surface area (Å²) in [5, 5.41) is 3.92. The average Bonchev–Trinajstić information content (AvgIpc) is 2.76. The minimum absolute atomic E-state index is 0.449. The van der Waals surface area contributed by atoms with Gasteiger partial charge in [0, 0.05) is 31.2 Å². The van der Waals surface area contributed by atoms with Crippen molar-refractivity contribution < 1.29 is 0 Å². The molecule has 1 N–H and O–H groups in total. The summed E-state index contributed by atoms with van der Waals surface area (Å²) in [4.78, 5) is 2.82. The first-order chi connectivity index (χ1) is 8.87. The molecule has 1 spiro atoms. The Morgan fingerprint density at radius 3 is 2.42 bits per heavy atom. The van der Waals surface area contributed by atoms with Gasteiger partial charge in [-0.05, 0) is 30.6 Å². The van der Waals surface area contributed by atoms with E-state index in [2.05, 4.69) is 44.8 Å². The summed E-state index contributed by atoms with van der Waals surface area (Å²) in [5.74, 6) is 0.749. The molecule has 1 saturated heterocycles. The van der Waals surface area contributed by atoms with Gasteiger partial charge < -0.3 is 5.32 Å². The number of rotatable bonds is 4. The zero-order valence-corrected chi connectivity index (χ0v) is 13.8. The van der Waals surface area contributed by atoms with E-state index in [1.807, 2.05) is 0 Å². The molecule has 0 radical (unpaired) electrons. The van der Waals surface area contributed by atoms with Crippen LogP contribution in [0.25, 0.3) is 0 Å². The minimum Gasteiger partial charge on any atom is -0.308 e. The Hall–Kier alpha value is -0.0800. The van der Waals surface area contributed by atoms with Gasteiger partial charge in [-0.15, -0.1) is 0 Å². The Kier molecular flexibility index (Phi) is 4.62. The van der Waals surface area contributed by atoms with E-state index in [-0.39, 0.29) is 0 Å². The van der Waals surface area contributed by atoms with Gasteiger partial charge in [0.15, 0.2) is 0 Å². The molecule has 2 heteroatoms. The molecule has 1 unspecified atom stereocenters. The predicted molar refractivity (Wildman–Crippen MR) is 83.5 cm³/mol. The summed E-state index contributed by atoms with van der Waals surface area (Å²) in [7, 11) is 0. The fourth-order valence-corrected chi connectivity index (χ4v) is 3.89. The van der Waals surface area contributed by atoms with Crippen LogP contribution in [0.4, 0.5) is 0 Å². The van der Waals surface area contributed by atoms with Gasteiger partial charge >= 0.3 is 0 Å². The van der Waals surface area contributed by atoms with Crippen molar-refractivity contribution in [3.05, 3.63) is 0 Å². The highest BCUT2D eigenvalue weighted by molar-refractivity contribution is 5.02. The van der Waals surface area contributed by atoms with Gasteiger partial charge in [-0.2, -0.15) is 0 Å². The van der Waals surface area contributed by atoms with Gasteiger partial charge in [0.25, 0.3) is 0 Å². The lowest BCUT2D eigenvalue weighted by Gasteiger charge is -2.50. The van der Waals surface area contributed by atoms with Crippen molar-refractivity contribution in [3.8, 4) is 0 Å². The van der Waals surface area contributed by atoms with Crippen LogP contribution >= 0.6 is 0 Å². The largest absolute Gasteiger partial charge is 0.308 e. The molecule has 2 nitrogen and oxygen atoms in total. The lowest BCUT2D eigenvalue weighted by molar-refractivity contribution is 0.0275. The van der Waals surface area contributed by atoms with Gasteiger partial charge in [0.1, 0.15) is 0 Å². The van der Waals surface area contributed by atoms with Crippen LogP contribution in [0.2, 0.25) is 0 Å². The van der Waals surface area contributed by atoms with Crippen molar-refractivity contribution in [2.24, 2.45) is 11.3 Å². The molecule has 2 fully saturated rings. The topological polar surface area (TPSA) is 15.3 Å². The van der Waals surface area contributed by atoms with Gasteiger partial charge in [0.2, 0.25) is 0 Å². The molecule has 1 aliphatic heterocycles. The second-order valence-electron chi connectivity index (χ2n) is 8.10. The van der Waals surface area contributed by atoms with E-state index in [0.717, 1.165) is 12.0 Å². The highest BCUT2D eigenvalue weighted by Crippen LogP contribution is 2.36. The quantitative estimate of drug-likeness (QED) is 0.835. The third-order valence-electron chi connectivity index (χ3n) is 5.58. The first-order valence-electron chi connectivity index (χ1n) is 8.37. The van der Waals surface area contributed by atoms with Crippen LogP contribution in [0.15, 0.2) is 0 Å². The molecular weight excluding hydrogens is 232 g/mol. The Morgan fingerprint density at radius 2 is 1.89 bits per heavy atom. The number of piperazine rings is 1. The number of nitrogens with one attached hydrogen (secondary N) is 1. The molecule has 19 heavy (non-hydrogen) atoms. The highest BCUT2D eigenvalue weighted by Gasteiger charge is 2.42. The molecule has 0 aromatic heterocycles. The van der Waals surface area contributed by atoms with E-state index >= 15 is 0 Å². The zero-order chi connectivity index (χ0) is 14.1. The zero-order valence-electron chi connectivity index (χ0n) is 13.8. The summed E-state index contributed by atoms with van der Waals surface area (Å²) in [6.45, 7) is 15.7. The molecule has 1 saturated carbocycles. The monoisotopic (exact) mass is 266 g/mol. The first kappa shape index (κ1) is 15.3. The average molecular weight is 266 g/mol. The molecule has 112 valence electrons. The maximum atomic E-state index is 3.92. The third kappa shape index (κ3) is 3.52. The van der Waals surface area contributed by atoms with Crippen molar-refractivity contribution in [1.29, 1.82) is 0 Å². The molecule has 0 aromatic rings. The summed E-state index contributed by atoms with van der Waals surface area (Å²) in [5.41, 5.74) is 0.902. The molecule has 1 atom stereocenters. The molecule has 0 amide bonds. The van der Waals surface area contributed by atoms with Gasteiger partial charge in [0.05, 0.1) is 0 Å². The summed E-state index contributed by atoms with van der Waals surface area (Å²) in [6, 6.07) is 0.719. The fourth-order valence-electron chi connectivity index (χ4n) is 3.89. The third-order valence-corrected chi connectivity index (χ3v) is 5.58. The second kappa shape index (κ2) is 5.73. The summed E-state index contributed by atoms with van der Waals surface area (Å²) >= 11 is 0. The molecule has 1 aliphatic carbocycles. The van der Waals surface area contributed by atoms with E-state index in [9.17, 15) is 0 Å². The van der Waals surface area contributed by atoms with Crippen molar-refractivity contribution in [3.63, 3.8) is 0 Å². The Morgan fingerprint density at radius 1 is 1.26 bits per heavy atom. The van der Waals surface area contributed by atoms with Crippen LogP contribution in [0.5, 0.6) is 0 Å². The summed E-state index contributed by atoms with van der Waals surface area (Å²) < 4.78 is 0. The maximum absolute atomic E-state index is 3.92. The highest BCUT2D eigenvalue weighted by atomic mass is 15.3. The van der Waals surface area contributed by atoms with E-state index in [1.54, 1.807) is 0 Å². The van der Waals surface area contributed by atoms with Crippen LogP contribution in [0.1, 0.15) is 66.7 Å². The number of hydrogen-bond donors (Lipinski definition) is 1. The van der Waals surface area contributed by atoms with Crippen LogP contribution in [-0.4, -0.2) is 36.1 Å². The van der Waals surface area contributed by atoms with Crippen molar-refractivity contribution in [2.45, 2.75) is 78.3 Å². The molecule has 2 aliphatic rings. The Bertz CT molecular complexity index is 290. The van der Waals surface area contributed by atoms with E-state index < -0.39 is 0 Å². The molecule has 2 rings (SSSR count). The first-order valence-corrected chi connectivity index (χ1v) is 8.37. The minimum atomic E-state index is 0.449. The summed E-state index contributed by atoms with van der Waals surface area (Å²) in [6.07, 6.45) is 6.89. The van der Waals surface area contributed by atoms with E-state index in [4.69, 9.17) is 0 Å². The molecule has 0 aromatic carbocycles. The van der Waals surface area contributed by atoms with Crippen LogP contribution < -0.4 is 5.32 Å². The lowest BCUT2D eigenvalue weighted by atomic mass is 9.84. The van der Waals surface area contributed by atoms with Gasteiger partial charge in [-0.25, -0.2) is 0 Å². The Balaban J connectivity index is 2.08.